The molecule has 2 atom stereocenters. The van der Waals surface area contributed by atoms with Gasteiger partial charge in [-0.25, -0.2) is 0 Å². The van der Waals surface area contributed by atoms with Crippen LogP contribution in [0.1, 0.15) is 34.8 Å². The van der Waals surface area contributed by atoms with Gasteiger partial charge in [0.15, 0.2) is 0 Å². The van der Waals surface area contributed by atoms with E-state index in [1.54, 1.807) is 6.07 Å². The van der Waals surface area contributed by atoms with E-state index in [0.717, 1.165) is 36.1 Å². The molecule has 0 bridgehead atoms. The lowest BCUT2D eigenvalue weighted by Gasteiger charge is -2.27. The van der Waals surface area contributed by atoms with Gasteiger partial charge in [0.2, 0.25) is 0 Å². The van der Waals surface area contributed by atoms with Gasteiger partial charge in [-0.05, 0) is 65.8 Å². The van der Waals surface area contributed by atoms with Gasteiger partial charge >= 0.3 is 0 Å². The molecule has 150 valence electrons. The van der Waals surface area contributed by atoms with Crippen LogP contribution >= 0.6 is 0 Å². The lowest BCUT2D eigenvalue weighted by atomic mass is 9.88. The second-order valence-corrected chi connectivity index (χ2v) is 7.66. The van der Waals surface area contributed by atoms with Crippen LogP contribution < -0.4 is 10.1 Å². The second-order valence-electron chi connectivity index (χ2n) is 7.66. The minimum absolute atomic E-state index is 0.312. The Bertz CT molecular complexity index is 925. The maximum atomic E-state index is 10.5. The lowest BCUT2D eigenvalue weighted by molar-refractivity contribution is 0.168. The van der Waals surface area contributed by atoms with Gasteiger partial charge in [0.25, 0.3) is 0 Å². The van der Waals surface area contributed by atoms with Gasteiger partial charge in [0.1, 0.15) is 18.1 Å². The number of hydrogen-bond donors (Lipinski definition) is 3. The van der Waals surface area contributed by atoms with Crippen molar-refractivity contribution in [1.29, 1.82) is 0 Å². The number of phenolic OH excluding ortho intramolecular Hbond substituents is 1. The molecule has 0 aliphatic heterocycles. The van der Waals surface area contributed by atoms with Crippen molar-refractivity contribution in [3.63, 3.8) is 0 Å². The molecule has 29 heavy (non-hydrogen) atoms. The topological polar surface area (TPSA) is 61.7 Å². The predicted octanol–water partition coefficient (Wildman–Crippen LogP) is 4.15. The van der Waals surface area contributed by atoms with Crippen LogP contribution in [-0.2, 0) is 19.4 Å². The Labute approximate surface area is 171 Å². The fraction of sp³-hybridized carbons (Fsp3) is 0.280. The van der Waals surface area contributed by atoms with Crippen LogP contribution in [0.25, 0.3) is 0 Å². The Hall–Kier alpha value is -2.82. The summed E-state index contributed by atoms with van der Waals surface area (Å²) in [7, 11) is 0. The number of fused-ring (bicyclic) bond motifs is 1. The highest BCUT2D eigenvalue weighted by Gasteiger charge is 2.19. The number of rotatable bonds is 7. The van der Waals surface area contributed by atoms with Crippen molar-refractivity contribution in [2.45, 2.75) is 38.0 Å². The Morgan fingerprint density at radius 3 is 2.55 bits per heavy atom. The number of phenols is 1. The maximum absolute atomic E-state index is 10.5. The molecule has 3 N–H and O–H groups in total. The van der Waals surface area contributed by atoms with E-state index in [1.165, 1.54) is 11.1 Å². The molecule has 0 saturated heterocycles. The van der Waals surface area contributed by atoms with Crippen LogP contribution in [0, 0.1) is 0 Å². The van der Waals surface area contributed by atoms with Gasteiger partial charge in [-0.15, -0.1) is 0 Å². The molecule has 0 spiro atoms. The summed E-state index contributed by atoms with van der Waals surface area (Å²) in [5.41, 5.74) is 4.51. The number of aryl methyl sites for hydroxylation is 1. The Morgan fingerprint density at radius 2 is 1.76 bits per heavy atom. The molecule has 3 aromatic rings. The highest BCUT2D eigenvalue weighted by molar-refractivity contribution is 5.37. The van der Waals surface area contributed by atoms with Crippen LogP contribution in [-0.4, -0.2) is 22.8 Å². The van der Waals surface area contributed by atoms with E-state index in [2.05, 4.69) is 5.32 Å². The quantitative estimate of drug-likeness (QED) is 0.568. The molecule has 1 aliphatic rings. The first-order valence-corrected chi connectivity index (χ1v) is 10.2. The van der Waals surface area contributed by atoms with Crippen molar-refractivity contribution in [2.75, 3.05) is 6.54 Å². The molecular weight excluding hydrogens is 362 g/mol. The molecule has 4 heteroatoms. The highest BCUT2D eigenvalue weighted by Crippen LogP contribution is 2.25. The van der Waals surface area contributed by atoms with E-state index in [1.807, 2.05) is 66.7 Å². The summed E-state index contributed by atoms with van der Waals surface area (Å²) in [5, 5.41) is 23.7. The Morgan fingerprint density at radius 1 is 0.966 bits per heavy atom. The third kappa shape index (κ3) is 5.17. The molecule has 0 aromatic heterocycles. The highest BCUT2D eigenvalue weighted by atomic mass is 16.5. The molecule has 0 fully saturated rings. The molecule has 4 rings (SSSR count). The predicted molar refractivity (Wildman–Crippen MR) is 114 cm³/mol. The summed E-state index contributed by atoms with van der Waals surface area (Å²) in [4.78, 5) is 0. The minimum Gasteiger partial charge on any atom is -0.508 e. The van der Waals surface area contributed by atoms with E-state index in [4.69, 9.17) is 4.74 Å². The van der Waals surface area contributed by atoms with Gasteiger partial charge in [0, 0.05) is 12.6 Å². The zero-order valence-corrected chi connectivity index (χ0v) is 16.4. The minimum atomic E-state index is -0.566. The lowest BCUT2D eigenvalue weighted by Crippen LogP contribution is -2.37. The van der Waals surface area contributed by atoms with Crippen molar-refractivity contribution in [3.8, 4) is 11.5 Å². The molecule has 3 aromatic carbocycles. The Balaban J connectivity index is 1.27. The van der Waals surface area contributed by atoms with E-state index >= 15 is 0 Å². The van der Waals surface area contributed by atoms with Gasteiger partial charge in [-0.2, -0.15) is 0 Å². The van der Waals surface area contributed by atoms with Gasteiger partial charge in [0.05, 0.1) is 6.10 Å². The third-order valence-corrected chi connectivity index (χ3v) is 5.53. The van der Waals surface area contributed by atoms with Crippen molar-refractivity contribution >= 4 is 0 Å². The maximum Gasteiger partial charge on any atom is 0.119 e. The first kappa shape index (κ1) is 19.5. The normalized spacial score (nSPS) is 16.8. The van der Waals surface area contributed by atoms with Crippen molar-refractivity contribution in [1.82, 2.24) is 5.32 Å². The van der Waals surface area contributed by atoms with Gasteiger partial charge in [-0.1, -0.05) is 48.5 Å². The fourth-order valence-electron chi connectivity index (χ4n) is 3.84. The fourth-order valence-corrected chi connectivity index (χ4v) is 3.84. The first-order chi connectivity index (χ1) is 14.2. The van der Waals surface area contributed by atoms with Crippen LogP contribution in [0.3, 0.4) is 0 Å². The van der Waals surface area contributed by atoms with Crippen LogP contribution in [0.4, 0.5) is 0 Å². The van der Waals surface area contributed by atoms with Crippen LogP contribution in [0.15, 0.2) is 72.8 Å². The number of ether oxygens (including phenoxy) is 1. The molecular formula is C25H27NO3. The Kier molecular flexibility index (Phi) is 6.13. The average molecular weight is 389 g/mol. The second kappa shape index (κ2) is 9.12. The first-order valence-electron chi connectivity index (χ1n) is 10.2. The number of aliphatic hydroxyl groups excluding tert-OH is 1. The standard InChI is InChI=1S/C25H27NO3/c27-23-11-7-19-6-10-22(14-21(19)15-23)26-16-25(28)20-8-12-24(13-9-20)29-17-18-4-2-1-3-5-18/h1-5,7-9,11-13,15,22,25-28H,6,10,14,16-17H2/t22-,25-/m0/s1. The van der Waals surface area contributed by atoms with E-state index in [0.29, 0.717) is 24.9 Å². The zero-order chi connectivity index (χ0) is 20.1. The molecule has 0 heterocycles. The summed E-state index contributed by atoms with van der Waals surface area (Å²) >= 11 is 0. The van der Waals surface area contributed by atoms with E-state index < -0.39 is 6.10 Å². The summed E-state index contributed by atoms with van der Waals surface area (Å²) in [6.07, 6.45) is 2.35. The largest absolute Gasteiger partial charge is 0.508 e. The SMILES string of the molecule is Oc1ccc2c(c1)C[C@@H](NC[C@H](O)c1ccc(OCc3ccccc3)cc1)CC2. The van der Waals surface area contributed by atoms with E-state index in [-0.39, 0.29) is 0 Å². The number of aromatic hydroxyl groups is 1. The average Bonchev–Trinajstić information content (AvgIpc) is 2.77. The van der Waals surface area contributed by atoms with E-state index in [9.17, 15) is 10.2 Å². The number of hydrogen-bond acceptors (Lipinski definition) is 4. The summed E-state index contributed by atoms with van der Waals surface area (Å²) < 4.78 is 5.81. The monoisotopic (exact) mass is 389 g/mol. The summed E-state index contributed by atoms with van der Waals surface area (Å²) in [6, 6.07) is 23.6. The van der Waals surface area contributed by atoms with Crippen LogP contribution in [0.5, 0.6) is 11.5 Å². The van der Waals surface area contributed by atoms with Crippen LogP contribution in [0.2, 0.25) is 0 Å². The summed E-state index contributed by atoms with van der Waals surface area (Å²) in [6.45, 7) is 1.03. The molecule has 0 radical (unpaired) electrons. The third-order valence-electron chi connectivity index (χ3n) is 5.53. The molecule has 4 nitrogen and oxygen atoms in total. The number of benzene rings is 3. The van der Waals surface area contributed by atoms with Crippen molar-refractivity contribution < 1.29 is 14.9 Å². The molecule has 0 unspecified atom stereocenters. The van der Waals surface area contributed by atoms with Crippen molar-refractivity contribution in [2.24, 2.45) is 0 Å². The smallest absolute Gasteiger partial charge is 0.119 e. The summed E-state index contributed by atoms with van der Waals surface area (Å²) in [5.74, 6) is 1.11. The number of aliphatic hydroxyl groups is 1. The molecule has 0 saturated carbocycles. The number of nitrogens with one attached hydrogen (secondary N) is 1. The zero-order valence-electron chi connectivity index (χ0n) is 16.4. The molecule has 1 aliphatic carbocycles. The van der Waals surface area contributed by atoms with Gasteiger partial charge in [-0.3, -0.25) is 0 Å². The molecule has 0 amide bonds. The van der Waals surface area contributed by atoms with Gasteiger partial charge < -0.3 is 20.3 Å². The van der Waals surface area contributed by atoms with Crippen molar-refractivity contribution in [3.05, 3.63) is 95.1 Å².